The number of hydrogen-bond donors (Lipinski definition) is 1. The van der Waals surface area contributed by atoms with Gasteiger partial charge in [0.05, 0.1) is 0 Å². The summed E-state index contributed by atoms with van der Waals surface area (Å²) in [6.07, 6.45) is 0. The summed E-state index contributed by atoms with van der Waals surface area (Å²) in [5.41, 5.74) is 0. The van der Waals surface area contributed by atoms with E-state index in [2.05, 4.69) is 0 Å². The molecule has 0 aliphatic heterocycles. The first-order chi connectivity index (χ1) is 8.36. The van der Waals surface area contributed by atoms with Gasteiger partial charge in [0, 0.05) is 0 Å². The van der Waals surface area contributed by atoms with Crippen molar-refractivity contribution in [2.45, 2.75) is 41.5 Å². The Balaban J connectivity index is 0. The van der Waals surface area contributed by atoms with Gasteiger partial charge in [-0.3, -0.25) is 0 Å². The lowest BCUT2D eigenvalue weighted by atomic mass is 10.1. The Morgan fingerprint density at radius 3 is 1.65 bits per heavy atom. The van der Waals surface area contributed by atoms with Gasteiger partial charge in [-0.1, -0.05) is 71.9 Å². The van der Waals surface area contributed by atoms with E-state index in [1.54, 1.807) is 12.1 Å². The second-order valence-corrected chi connectivity index (χ2v) is 2.53. The lowest BCUT2D eigenvalue weighted by molar-refractivity contribution is 0.476. The number of phenols is 1. The fraction of sp³-hybridized carbons (Fsp3) is 0.375. The van der Waals surface area contributed by atoms with Crippen LogP contribution in [0.15, 0.2) is 42.5 Å². The van der Waals surface area contributed by atoms with Gasteiger partial charge in [-0.05, 0) is 22.9 Å². The molecule has 0 heterocycles. The summed E-state index contributed by atoms with van der Waals surface area (Å²) in [6, 6.07) is 13.3. The molecule has 96 valence electrons. The normalized spacial score (nSPS) is 7.65. The van der Waals surface area contributed by atoms with Crippen LogP contribution in [0.4, 0.5) is 0 Å². The number of benzene rings is 2. The van der Waals surface area contributed by atoms with Gasteiger partial charge in [0.25, 0.3) is 0 Å². The molecular weight excluding hydrogens is 208 g/mol. The van der Waals surface area contributed by atoms with Crippen molar-refractivity contribution in [1.82, 2.24) is 0 Å². The number of phenolic OH excluding ortho intramolecular Hbond substituents is 1. The SMILES string of the molecule is CC.CC.CC.Oc1ccc2ccccc2c1. The maximum atomic E-state index is 9.13. The molecule has 2 rings (SSSR count). The molecule has 0 fully saturated rings. The van der Waals surface area contributed by atoms with Crippen LogP contribution in [0.2, 0.25) is 0 Å². The lowest BCUT2D eigenvalue weighted by Crippen LogP contribution is -1.69. The molecule has 0 amide bonds. The van der Waals surface area contributed by atoms with E-state index < -0.39 is 0 Å². The third kappa shape index (κ3) is 6.62. The highest BCUT2D eigenvalue weighted by atomic mass is 16.3. The number of hydrogen-bond acceptors (Lipinski definition) is 1. The summed E-state index contributed by atoms with van der Waals surface area (Å²) in [6.45, 7) is 12.0. The zero-order valence-corrected chi connectivity index (χ0v) is 12.0. The highest BCUT2D eigenvalue weighted by molar-refractivity contribution is 5.83. The molecule has 0 aliphatic rings. The first kappa shape index (κ1) is 17.9. The highest BCUT2D eigenvalue weighted by Gasteiger charge is 1.91. The van der Waals surface area contributed by atoms with Gasteiger partial charge in [0.2, 0.25) is 0 Å². The molecule has 0 bridgehead atoms. The van der Waals surface area contributed by atoms with E-state index in [9.17, 15) is 0 Å². The van der Waals surface area contributed by atoms with E-state index in [0.29, 0.717) is 5.75 Å². The molecule has 0 aliphatic carbocycles. The Hall–Kier alpha value is -1.50. The topological polar surface area (TPSA) is 20.2 Å². The molecule has 0 atom stereocenters. The van der Waals surface area contributed by atoms with Crippen molar-refractivity contribution >= 4 is 10.8 Å². The Kier molecular flexibility index (Phi) is 13.2. The molecule has 0 saturated heterocycles. The van der Waals surface area contributed by atoms with E-state index >= 15 is 0 Å². The van der Waals surface area contributed by atoms with Crippen LogP contribution in [0.5, 0.6) is 5.75 Å². The van der Waals surface area contributed by atoms with E-state index in [0.717, 1.165) is 10.8 Å². The summed E-state index contributed by atoms with van der Waals surface area (Å²) in [5, 5.41) is 11.4. The highest BCUT2D eigenvalue weighted by Crippen LogP contribution is 2.18. The summed E-state index contributed by atoms with van der Waals surface area (Å²) < 4.78 is 0. The van der Waals surface area contributed by atoms with Gasteiger partial charge in [-0.2, -0.15) is 0 Å². The zero-order chi connectivity index (χ0) is 13.7. The molecular formula is C16H26O. The van der Waals surface area contributed by atoms with Crippen LogP contribution in [0.1, 0.15) is 41.5 Å². The van der Waals surface area contributed by atoms with Crippen molar-refractivity contribution in [3.05, 3.63) is 42.5 Å². The van der Waals surface area contributed by atoms with Crippen molar-refractivity contribution in [2.24, 2.45) is 0 Å². The second-order valence-electron chi connectivity index (χ2n) is 2.53. The molecule has 2 aromatic rings. The van der Waals surface area contributed by atoms with E-state index in [1.807, 2.05) is 71.9 Å². The molecule has 0 aromatic heterocycles. The molecule has 1 heteroatoms. The van der Waals surface area contributed by atoms with E-state index in [4.69, 9.17) is 5.11 Å². The van der Waals surface area contributed by atoms with Gasteiger partial charge < -0.3 is 5.11 Å². The van der Waals surface area contributed by atoms with Crippen molar-refractivity contribution in [2.75, 3.05) is 0 Å². The van der Waals surface area contributed by atoms with Crippen LogP contribution in [0, 0.1) is 0 Å². The molecule has 0 radical (unpaired) electrons. The predicted octanol–water partition coefficient (Wildman–Crippen LogP) is 5.62. The minimum Gasteiger partial charge on any atom is -0.508 e. The molecule has 17 heavy (non-hydrogen) atoms. The average Bonchev–Trinajstić information content (AvgIpc) is 2.45. The molecule has 1 nitrogen and oxygen atoms in total. The van der Waals surface area contributed by atoms with Crippen LogP contribution in [-0.2, 0) is 0 Å². The average molecular weight is 234 g/mol. The molecule has 0 spiro atoms. The minimum absolute atomic E-state index is 0.323. The van der Waals surface area contributed by atoms with Gasteiger partial charge in [-0.25, -0.2) is 0 Å². The quantitative estimate of drug-likeness (QED) is 0.627. The molecule has 0 saturated carbocycles. The Morgan fingerprint density at radius 2 is 1.12 bits per heavy atom. The minimum atomic E-state index is 0.323. The van der Waals surface area contributed by atoms with Crippen molar-refractivity contribution < 1.29 is 5.11 Å². The maximum Gasteiger partial charge on any atom is 0.116 e. The van der Waals surface area contributed by atoms with E-state index in [-0.39, 0.29) is 0 Å². The fourth-order valence-electron chi connectivity index (χ4n) is 1.18. The largest absolute Gasteiger partial charge is 0.508 e. The summed E-state index contributed by atoms with van der Waals surface area (Å²) in [5.74, 6) is 0.323. The number of aromatic hydroxyl groups is 1. The number of rotatable bonds is 0. The van der Waals surface area contributed by atoms with E-state index in [1.165, 1.54) is 0 Å². The zero-order valence-electron chi connectivity index (χ0n) is 12.0. The maximum absolute atomic E-state index is 9.13. The van der Waals surface area contributed by atoms with Crippen LogP contribution < -0.4 is 0 Å². The third-order valence-electron chi connectivity index (χ3n) is 1.73. The molecule has 2 aromatic carbocycles. The third-order valence-corrected chi connectivity index (χ3v) is 1.73. The van der Waals surface area contributed by atoms with Crippen molar-refractivity contribution in [3.63, 3.8) is 0 Å². The van der Waals surface area contributed by atoms with Crippen LogP contribution in [0.25, 0.3) is 10.8 Å². The number of fused-ring (bicyclic) bond motifs is 1. The fourth-order valence-corrected chi connectivity index (χ4v) is 1.18. The van der Waals surface area contributed by atoms with Crippen molar-refractivity contribution in [1.29, 1.82) is 0 Å². The standard InChI is InChI=1S/C10H8O.3C2H6/c11-10-6-5-8-3-1-2-4-9(8)7-10;3*1-2/h1-7,11H;3*1-2H3. The summed E-state index contributed by atoms with van der Waals surface area (Å²) in [7, 11) is 0. The van der Waals surface area contributed by atoms with Crippen LogP contribution >= 0.6 is 0 Å². The first-order valence-corrected chi connectivity index (χ1v) is 6.54. The Bertz CT molecular complexity index is 380. The van der Waals surface area contributed by atoms with Gasteiger partial charge in [0.15, 0.2) is 0 Å². The Morgan fingerprint density at radius 1 is 0.647 bits per heavy atom. The van der Waals surface area contributed by atoms with Gasteiger partial charge >= 0.3 is 0 Å². The predicted molar refractivity (Wildman–Crippen MR) is 79.7 cm³/mol. The van der Waals surface area contributed by atoms with Gasteiger partial charge in [0.1, 0.15) is 5.75 Å². The van der Waals surface area contributed by atoms with Crippen molar-refractivity contribution in [3.8, 4) is 5.75 Å². The monoisotopic (exact) mass is 234 g/mol. The first-order valence-electron chi connectivity index (χ1n) is 6.54. The molecule has 0 unspecified atom stereocenters. The van der Waals surface area contributed by atoms with Crippen LogP contribution in [-0.4, -0.2) is 5.11 Å². The van der Waals surface area contributed by atoms with Gasteiger partial charge in [-0.15, -0.1) is 0 Å². The summed E-state index contributed by atoms with van der Waals surface area (Å²) >= 11 is 0. The Labute approximate surface area is 106 Å². The summed E-state index contributed by atoms with van der Waals surface area (Å²) in [4.78, 5) is 0. The molecule has 1 N–H and O–H groups in total. The van der Waals surface area contributed by atoms with Crippen LogP contribution in [0.3, 0.4) is 0 Å². The smallest absolute Gasteiger partial charge is 0.116 e. The lowest BCUT2D eigenvalue weighted by Gasteiger charge is -1.96. The second kappa shape index (κ2) is 12.6.